The molecule has 0 radical (unpaired) electrons. The van der Waals surface area contributed by atoms with E-state index in [1.165, 1.54) is 25.7 Å². The summed E-state index contributed by atoms with van der Waals surface area (Å²) < 4.78 is 0. The third kappa shape index (κ3) is 4.79. The van der Waals surface area contributed by atoms with Crippen LogP contribution in [0, 0.1) is 11.8 Å². The van der Waals surface area contributed by atoms with Gasteiger partial charge in [0.1, 0.15) is 5.82 Å². The molecule has 2 saturated carbocycles. The number of amides is 2. The number of rotatable bonds is 5. The zero-order valence-corrected chi connectivity index (χ0v) is 14.2. The number of hydrogen-bond donors (Lipinski definition) is 2. The highest BCUT2D eigenvalue weighted by Crippen LogP contribution is 2.28. The second-order valence-electron chi connectivity index (χ2n) is 7.17. The SMILES string of the molecule is O=C(CC1CCCC1)NC1CCC(C(=O)Nc2ccccn2)CC1. The third-order valence-electron chi connectivity index (χ3n) is 5.33. The minimum absolute atomic E-state index is 0.0231. The van der Waals surface area contributed by atoms with Gasteiger partial charge in [-0.15, -0.1) is 0 Å². The van der Waals surface area contributed by atoms with E-state index in [9.17, 15) is 9.59 Å². The highest BCUT2D eigenvalue weighted by molar-refractivity contribution is 5.91. The molecular formula is C19H27N3O2. The highest BCUT2D eigenvalue weighted by atomic mass is 16.2. The molecule has 5 heteroatoms. The smallest absolute Gasteiger partial charge is 0.228 e. The van der Waals surface area contributed by atoms with Gasteiger partial charge < -0.3 is 10.6 Å². The summed E-state index contributed by atoms with van der Waals surface area (Å²) in [6.07, 6.45) is 10.7. The molecule has 2 aliphatic rings. The molecule has 0 unspecified atom stereocenters. The van der Waals surface area contributed by atoms with Crippen molar-refractivity contribution in [2.75, 3.05) is 5.32 Å². The van der Waals surface area contributed by atoms with Crippen LogP contribution in [0.4, 0.5) is 5.82 Å². The standard InChI is InChI=1S/C19H27N3O2/c23-18(13-14-5-1-2-6-14)21-16-10-8-15(9-11-16)19(24)22-17-7-3-4-12-20-17/h3-4,7,12,14-16H,1-2,5-6,8-11,13H2,(H,21,23)(H,20,22,24). The van der Waals surface area contributed by atoms with Gasteiger partial charge in [0.2, 0.25) is 11.8 Å². The van der Waals surface area contributed by atoms with E-state index in [0.29, 0.717) is 18.2 Å². The number of aromatic nitrogens is 1. The van der Waals surface area contributed by atoms with Gasteiger partial charge in [-0.1, -0.05) is 18.9 Å². The van der Waals surface area contributed by atoms with Crippen molar-refractivity contribution in [2.45, 2.75) is 63.8 Å². The Hall–Kier alpha value is -1.91. The summed E-state index contributed by atoms with van der Waals surface area (Å²) in [6.45, 7) is 0. The van der Waals surface area contributed by atoms with Crippen molar-refractivity contribution in [3.05, 3.63) is 24.4 Å². The molecule has 0 bridgehead atoms. The van der Waals surface area contributed by atoms with Crippen LogP contribution in [0.25, 0.3) is 0 Å². The Kier molecular flexibility index (Phi) is 5.83. The van der Waals surface area contributed by atoms with Gasteiger partial charge in [0.15, 0.2) is 0 Å². The van der Waals surface area contributed by atoms with Crippen LogP contribution in [0.3, 0.4) is 0 Å². The maximum atomic E-state index is 12.3. The summed E-state index contributed by atoms with van der Waals surface area (Å²) in [5, 5.41) is 6.05. The minimum atomic E-state index is 0.0231. The van der Waals surface area contributed by atoms with Gasteiger partial charge in [0.05, 0.1) is 0 Å². The number of pyridine rings is 1. The lowest BCUT2D eigenvalue weighted by molar-refractivity contribution is -0.123. The van der Waals surface area contributed by atoms with Crippen molar-refractivity contribution in [1.82, 2.24) is 10.3 Å². The molecule has 0 spiro atoms. The molecule has 1 aromatic heterocycles. The van der Waals surface area contributed by atoms with Crippen molar-refractivity contribution in [1.29, 1.82) is 0 Å². The summed E-state index contributed by atoms with van der Waals surface area (Å²) in [5.74, 6) is 1.46. The van der Waals surface area contributed by atoms with Gasteiger partial charge in [0, 0.05) is 24.6 Å². The van der Waals surface area contributed by atoms with Crippen molar-refractivity contribution >= 4 is 17.6 Å². The normalized spacial score (nSPS) is 24.5. The Morgan fingerprint density at radius 2 is 1.79 bits per heavy atom. The first kappa shape index (κ1) is 16.9. The van der Waals surface area contributed by atoms with E-state index in [4.69, 9.17) is 0 Å². The lowest BCUT2D eigenvalue weighted by Gasteiger charge is -2.28. The quantitative estimate of drug-likeness (QED) is 0.871. The predicted octanol–water partition coefficient (Wildman–Crippen LogP) is 3.28. The number of nitrogens with zero attached hydrogens (tertiary/aromatic N) is 1. The molecule has 0 aromatic carbocycles. The van der Waals surface area contributed by atoms with Gasteiger partial charge in [-0.3, -0.25) is 9.59 Å². The number of hydrogen-bond acceptors (Lipinski definition) is 3. The van der Waals surface area contributed by atoms with E-state index in [1.807, 2.05) is 12.1 Å². The van der Waals surface area contributed by atoms with E-state index >= 15 is 0 Å². The summed E-state index contributed by atoms with van der Waals surface area (Å²) >= 11 is 0. The molecule has 0 saturated heterocycles. The Morgan fingerprint density at radius 1 is 1.04 bits per heavy atom. The van der Waals surface area contributed by atoms with E-state index in [0.717, 1.165) is 25.7 Å². The summed E-state index contributed by atoms with van der Waals surface area (Å²) in [7, 11) is 0. The molecule has 0 atom stereocenters. The van der Waals surface area contributed by atoms with E-state index in [-0.39, 0.29) is 23.8 Å². The molecule has 0 aliphatic heterocycles. The third-order valence-corrected chi connectivity index (χ3v) is 5.33. The maximum absolute atomic E-state index is 12.3. The van der Waals surface area contributed by atoms with Crippen LogP contribution in [0.5, 0.6) is 0 Å². The molecule has 1 aromatic rings. The highest BCUT2D eigenvalue weighted by Gasteiger charge is 2.28. The lowest BCUT2D eigenvalue weighted by atomic mass is 9.85. The fraction of sp³-hybridized carbons (Fsp3) is 0.632. The van der Waals surface area contributed by atoms with Crippen LogP contribution in [-0.2, 0) is 9.59 Å². The second-order valence-corrected chi connectivity index (χ2v) is 7.17. The van der Waals surface area contributed by atoms with Gasteiger partial charge in [-0.05, 0) is 56.6 Å². The molecule has 24 heavy (non-hydrogen) atoms. The first-order valence-corrected chi connectivity index (χ1v) is 9.22. The molecule has 5 nitrogen and oxygen atoms in total. The summed E-state index contributed by atoms with van der Waals surface area (Å²) in [6, 6.07) is 5.72. The van der Waals surface area contributed by atoms with Crippen LogP contribution in [0.2, 0.25) is 0 Å². The summed E-state index contributed by atoms with van der Waals surface area (Å²) in [4.78, 5) is 28.5. The molecule has 130 valence electrons. The van der Waals surface area contributed by atoms with Crippen molar-refractivity contribution < 1.29 is 9.59 Å². The van der Waals surface area contributed by atoms with Crippen molar-refractivity contribution in [2.24, 2.45) is 11.8 Å². The molecule has 2 aliphatic carbocycles. The number of anilines is 1. The van der Waals surface area contributed by atoms with E-state index in [1.54, 1.807) is 12.3 Å². The van der Waals surface area contributed by atoms with Gasteiger partial charge in [-0.25, -0.2) is 4.98 Å². The van der Waals surface area contributed by atoms with Crippen molar-refractivity contribution in [3.8, 4) is 0 Å². The average Bonchev–Trinajstić information content (AvgIpc) is 3.09. The van der Waals surface area contributed by atoms with Crippen LogP contribution in [0.15, 0.2) is 24.4 Å². The Morgan fingerprint density at radius 3 is 2.46 bits per heavy atom. The molecule has 2 N–H and O–H groups in total. The lowest BCUT2D eigenvalue weighted by Crippen LogP contribution is -2.40. The Bertz CT molecular complexity index is 547. The van der Waals surface area contributed by atoms with Crippen LogP contribution < -0.4 is 10.6 Å². The van der Waals surface area contributed by atoms with Crippen molar-refractivity contribution in [3.63, 3.8) is 0 Å². The fourth-order valence-corrected chi connectivity index (χ4v) is 3.93. The summed E-state index contributed by atoms with van der Waals surface area (Å²) in [5.41, 5.74) is 0. The topological polar surface area (TPSA) is 71.1 Å². The van der Waals surface area contributed by atoms with Crippen LogP contribution in [-0.4, -0.2) is 22.8 Å². The zero-order valence-electron chi connectivity index (χ0n) is 14.2. The zero-order chi connectivity index (χ0) is 16.8. The second kappa shape index (κ2) is 8.27. The van der Waals surface area contributed by atoms with E-state index < -0.39 is 0 Å². The predicted molar refractivity (Wildman–Crippen MR) is 93.3 cm³/mol. The number of nitrogens with one attached hydrogen (secondary N) is 2. The minimum Gasteiger partial charge on any atom is -0.353 e. The average molecular weight is 329 g/mol. The fourth-order valence-electron chi connectivity index (χ4n) is 3.93. The molecule has 1 heterocycles. The first-order chi connectivity index (χ1) is 11.7. The van der Waals surface area contributed by atoms with Crippen LogP contribution in [0.1, 0.15) is 57.8 Å². The largest absolute Gasteiger partial charge is 0.353 e. The molecule has 3 rings (SSSR count). The monoisotopic (exact) mass is 329 g/mol. The van der Waals surface area contributed by atoms with Gasteiger partial charge >= 0.3 is 0 Å². The van der Waals surface area contributed by atoms with Gasteiger partial charge in [-0.2, -0.15) is 0 Å². The first-order valence-electron chi connectivity index (χ1n) is 9.22. The molecule has 2 fully saturated rings. The number of carbonyl (C=O) groups is 2. The number of carbonyl (C=O) groups excluding carboxylic acids is 2. The Labute approximate surface area is 143 Å². The maximum Gasteiger partial charge on any atom is 0.228 e. The molecule has 2 amide bonds. The van der Waals surface area contributed by atoms with Crippen LogP contribution >= 0.6 is 0 Å². The molecular weight excluding hydrogens is 302 g/mol. The Balaban J connectivity index is 1.38. The van der Waals surface area contributed by atoms with E-state index in [2.05, 4.69) is 15.6 Å². The van der Waals surface area contributed by atoms with Gasteiger partial charge in [0.25, 0.3) is 0 Å².